The van der Waals surface area contributed by atoms with Crippen LogP contribution < -0.4 is 5.73 Å². The van der Waals surface area contributed by atoms with E-state index in [1.54, 1.807) is 6.92 Å². The second-order valence-corrected chi connectivity index (χ2v) is 3.62. The lowest BCUT2D eigenvalue weighted by atomic mass is 10.1. The number of nitroso groups, excluding NO2 is 1. The van der Waals surface area contributed by atoms with Crippen LogP contribution in [0.1, 0.15) is 33.3 Å². The Labute approximate surface area is 107 Å². The summed E-state index contributed by atoms with van der Waals surface area (Å²) in [5, 5.41) is 2.41. The lowest BCUT2D eigenvalue weighted by Gasteiger charge is -2.10. The second-order valence-electron chi connectivity index (χ2n) is 3.26. The van der Waals surface area contributed by atoms with Crippen LogP contribution in [0.2, 0.25) is 5.15 Å². The molecule has 0 radical (unpaired) electrons. The maximum absolute atomic E-state index is 11.7. The van der Waals surface area contributed by atoms with Gasteiger partial charge in [-0.15, -0.1) is 4.91 Å². The zero-order valence-electron chi connectivity index (χ0n) is 9.69. The SMILES string of the molecule is CCOC(=O)c1c(N=O)c(C)nc(Cl)c1C(N)=O. The Hall–Kier alpha value is -2.02. The van der Waals surface area contributed by atoms with Gasteiger partial charge in [0.05, 0.1) is 17.9 Å². The molecular weight excluding hydrogens is 262 g/mol. The molecule has 0 unspecified atom stereocenters. The van der Waals surface area contributed by atoms with E-state index in [9.17, 15) is 14.5 Å². The number of carbonyl (C=O) groups is 2. The Kier molecular flexibility index (Phi) is 4.33. The molecule has 8 heteroatoms. The van der Waals surface area contributed by atoms with E-state index in [1.807, 2.05) is 0 Å². The molecule has 2 N–H and O–H groups in total. The molecule has 1 amide bonds. The molecule has 7 nitrogen and oxygen atoms in total. The van der Waals surface area contributed by atoms with E-state index in [0.29, 0.717) is 0 Å². The lowest BCUT2D eigenvalue weighted by molar-refractivity contribution is 0.0524. The van der Waals surface area contributed by atoms with Gasteiger partial charge in [-0.3, -0.25) is 4.79 Å². The molecule has 0 bridgehead atoms. The fraction of sp³-hybridized carbons (Fsp3) is 0.300. The zero-order chi connectivity index (χ0) is 13.9. The normalized spacial score (nSPS) is 9.94. The molecule has 0 atom stereocenters. The molecule has 0 aliphatic rings. The average Bonchev–Trinajstić information content (AvgIpc) is 2.27. The van der Waals surface area contributed by atoms with Gasteiger partial charge < -0.3 is 10.5 Å². The van der Waals surface area contributed by atoms with Crippen molar-refractivity contribution in [2.45, 2.75) is 13.8 Å². The molecule has 1 rings (SSSR count). The average molecular weight is 272 g/mol. The molecule has 1 heterocycles. The maximum Gasteiger partial charge on any atom is 0.341 e. The molecule has 1 aromatic rings. The van der Waals surface area contributed by atoms with Crippen molar-refractivity contribution in [1.29, 1.82) is 0 Å². The highest BCUT2D eigenvalue weighted by molar-refractivity contribution is 6.34. The van der Waals surface area contributed by atoms with E-state index in [2.05, 4.69) is 10.2 Å². The molecular formula is C10H10ClN3O4. The van der Waals surface area contributed by atoms with E-state index in [4.69, 9.17) is 22.1 Å². The number of primary amides is 1. The predicted octanol–water partition coefficient (Wildman–Crippen LogP) is 1.72. The minimum atomic E-state index is -0.986. The smallest absolute Gasteiger partial charge is 0.341 e. The number of hydrogen-bond acceptors (Lipinski definition) is 6. The van der Waals surface area contributed by atoms with Crippen LogP contribution in [0.25, 0.3) is 0 Å². The number of ether oxygens (including phenoxy) is 1. The Morgan fingerprint density at radius 1 is 1.44 bits per heavy atom. The van der Waals surface area contributed by atoms with E-state index in [1.165, 1.54) is 6.92 Å². The van der Waals surface area contributed by atoms with Crippen molar-refractivity contribution in [1.82, 2.24) is 4.98 Å². The van der Waals surface area contributed by atoms with Gasteiger partial charge in [-0.25, -0.2) is 9.78 Å². The van der Waals surface area contributed by atoms with Crippen LogP contribution in [0.15, 0.2) is 5.18 Å². The van der Waals surface area contributed by atoms with Crippen LogP contribution >= 0.6 is 11.6 Å². The van der Waals surface area contributed by atoms with Crippen molar-refractivity contribution in [3.8, 4) is 0 Å². The number of amides is 1. The summed E-state index contributed by atoms with van der Waals surface area (Å²) in [6.07, 6.45) is 0. The minimum absolute atomic E-state index is 0.0638. The highest BCUT2D eigenvalue weighted by atomic mass is 35.5. The Morgan fingerprint density at radius 2 is 2.06 bits per heavy atom. The van der Waals surface area contributed by atoms with Crippen molar-refractivity contribution in [2.75, 3.05) is 6.61 Å². The topological polar surface area (TPSA) is 112 Å². The van der Waals surface area contributed by atoms with Gasteiger partial charge in [0.1, 0.15) is 16.4 Å². The number of carbonyl (C=O) groups excluding carboxylic acids is 2. The van der Waals surface area contributed by atoms with Gasteiger partial charge in [-0.2, -0.15) is 0 Å². The first kappa shape index (κ1) is 14.0. The summed E-state index contributed by atoms with van der Waals surface area (Å²) in [6, 6.07) is 0. The minimum Gasteiger partial charge on any atom is -0.462 e. The summed E-state index contributed by atoms with van der Waals surface area (Å²) in [6.45, 7) is 3.07. The standard InChI is InChI=1S/C10H10ClN3O4/c1-3-18-10(16)5-6(9(12)15)8(11)13-4(2)7(5)14-17/h3H2,1-2H3,(H2,12,15). The van der Waals surface area contributed by atoms with Crippen molar-refractivity contribution in [3.05, 3.63) is 26.9 Å². The molecule has 96 valence electrons. The van der Waals surface area contributed by atoms with Crippen molar-refractivity contribution in [3.63, 3.8) is 0 Å². The van der Waals surface area contributed by atoms with Gasteiger partial charge in [-0.05, 0) is 19.0 Å². The zero-order valence-corrected chi connectivity index (χ0v) is 10.4. The molecule has 1 aromatic heterocycles. The lowest BCUT2D eigenvalue weighted by Crippen LogP contribution is -2.20. The Bertz CT molecular complexity index is 530. The summed E-state index contributed by atoms with van der Waals surface area (Å²) in [7, 11) is 0. The quantitative estimate of drug-likeness (QED) is 0.509. The summed E-state index contributed by atoms with van der Waals surface area (Å²) >= 11 is 5.74. The van der Waals surface area contributed by atoms with Crippen LogP contribution in [0.5, 0.6) is 0 Å². The van der Waals surface area contributed by atoms with Crippen molar-refractivity contribution in [2.24, 2.45) is 10.9 Å². The van der Waals surface area contributed by atoms with Crippen LogP contribution in [-0.4, -0.2) is 23.5 Å². The molecule has 0 aliphatic carbocycles. The van der Waals surface area contributed by atoms with Gasteiger partial charge in [0.25, 0.3) is 5.91 Å². The third-order valence-corrected chi connectivity index (χ3v) is 2.39. The molecule has 0 saturated heterocycles. The predicted molar refractivity (Wildman–Crippen MR) is 63.9 cm³/mol. The van der Waals surface area contributed by atoms with Crippen LogP contribution in [0.3, 0.4) is 0 Å². The van der Waals surface area contributed by atoms with Gasteiger partial charge in [0.2, 0.25) is 0 Å². The first-order valence-corrected chi connectivity index (χ1v) is 5.32. The third-order valence-electron chi connectivity index (χ3n) is 2.12. The Balaban J connectivity index is 3.65. The van der Waals surface area contributed by atoms with Crippen LogP contribution in [-0.2, 0) is 4.74 Å². The van der Waals surface area contributed by atoms with Gasteiger partial charge >= 0.3 is 5.97 Å². The number of esters is 1. The number of rotatable bonds is 4. The summed E-state index contributed by atoms with van der Waals surface area (Å²) in [4.78, 5) is 37.5. The van der Waals surface area contributed by atoms with Crippen LogP contribution in [0.4, 0.5) is 5.69 Å². The third kappa shape index (κ3) is 2.45. The second kappa shape index (κ2) is 5.54. The maximum atomic E-state index is 11.7. The first-order chi connectivity index (χ1) is 8.43. The van der Waals surface area contributed by atoms with Crippen molar-refractivity contribution < 1.29 is 14.3 Å². The molecule has 0 aliphatic heterocycles. The number of nitrogens with zero attached hydrogens (tertiary/aromatic N) is 2. The van der Waals surface area contributed by atoms with Gasteiger partial charge in [-0.1, -0.05) is 11.6 Å². The molecule has 0 aromatic carbocycles. The Morgan fingerprint density at radius 3 is 2.50 bits per heavy atom. The monoisotopic (exact) mass is 271 g/mol. The number of hydrogen-bond donors (Lipinski definition) is 1. The molecule has 18 heavy (non-hydrogen) atoms. The largest absolute Gasteiger partial charge is 0.462 e. The fourth-order valence-corrected chi connectivity index (χ4v) is 1.71. The number of nitrogens with two attached hydrogens (primary N) is 1. The van der Waals surface area contributed by atoms with E-state index in [-0.39, 0.29) is 34.3 Å². The number of aromatic nitrogens is 1. The number of halogens is 1. The summed E-state index contributed by atoms with van der Waals surface area (Å²) in [5.41, 5.74) is 4.21. The van der Waals surface area contributed by atoms with E-state index in [0.717, 1.165) is 0 Å². The van der Waals surface area contributed by atoms with E-state index >= 15 is 0 Å². The highest BCUT2D eigenvalue weighted by Crippen LogP contribution is 2.30. The molecule has 0 saturated carbocycles. The number of aryl methyl sites for hydroxylation is 1. The fourth-order valence-electron chi connectivity index (χ4n) is 1.40. The van der Waals surface area contributed by atoms with E-state index < -0.39 is 11.9 Å². The molecule has 0 fully saturated rings. The van der Waals surface area contributed by atoms with Crippen LogP contribution in [0, 0.1) is 11.8 Å². The number of pyridine rings is 1. The highest BCUT2D eigenvalue weighted by Gasteiger charge is 2.27. The van der Waals surface area contributed by atoms with Gasteiger partial charge in [0.15, 0.2) is 0 Å². The van der Waals surface area contributed by atoms with Gasteiger partial charge in [0, 0.05) is 0 Å². The first-order valence-electron chi connectivity index (χ1n) is 4.94. The summed E-state index contributed by atoms with van der Waals surface area (Å²) in [5.74, 6) is -1.88. The summed E-state index contributed by atoms with van der Waals surface area (Å²) < 4.78 is 4.74. The van der Waals surface area contributed by atoms with Crippen molar-refractivity contribution >= 4 is 29.2 Å². The molecule has 0 spiro atoms.